The van der Waals surface area contributed by atoms with Gasteiger partial charge in [-0.05, 0) is 49.8 Å². The number of aromatic nitrogens is 3. The van der Waals surface area contributed by atoms with Crippen LogP contribution in [0.15, 0.2) is 78.9 Å². The van der Waals surface area contributed by atoms with Gasteiger partial charge < -0.3 is 5.32 Å². The van der Waals surface area contributed by atoms with Gasteiger partial charge in [-0.1, -0.05) is 42.5 Å². The molecule has 1 aromatic carbocycles. The molecule has 0 spiro atoms. The Bertz CT molecular complexity index is 1010. The molecule has 0 fully saturated rings. The Kier molecular flexibility index (Phi) is 5.87. The van der Waals surface area contributed by atoms with E-state index in [0.717, 1.165) is 46.3 Å². The Labute approximate surface area is 160 Å². The summed E-state index contributed by atoms with van der Waals surface area (Å²) >= 11 is 0. The van der Waals surface area contributed by atoms with Crippen LogP contribution in [-0.2, 0) is 7.05 Å². The maximum Gasteiger partial charge on any atom is 0.130 e. The lowest BCUT2D eigenvalue weighted by molar-refractivity contribution is 0.768. The Morgan fingerprint density at radius 3 is 2.67 bits per heavy atom. The standard InChI is InChI=1S/C23H26N4/c1-5-7-18(6-2)9-8-17(3)26-23-13-21-12-19(10-11-20(21)14-24-23)22-15-25-27(4)16-22/h5-7,10-16H,3,8-9H2,1-2,4H3,(H,24,26)/b7-5-,18-6+. The molecule has 27 heavy (non-hydrogen) atoms. The second kappa shape index (κ2) is 8.49. The second-order valence-electron chi connectivity index (χ2n) is 6.63. The monoisotopic (exact) mass is 358 g/mol. The lowest BCUT2D eigenvalue weighted by Gasteiger charge is -2.10. The molecule has 0 aliphatic heterocycles. The molecule has 0 aliphatic rings. The van der Waals surface area contributed by atoms with Gasteiger partial charge in [0.25, 0.3) is 0 Å². The van der Waals surface area contributed by atoms with Gasteiger partial charge in [-0.3, -0.25) is 4.68 Å². The van der Waals surface area contributed by atoms with E-state index in [-0.39, 0.29) is 0 Å². The number of benzene rings is 1. The van der Waals surface area contributed by atoms with Crippen molar-refractivity contribution >= 4 is 16.6 Å². The summed E-state index contributed by atoms with van der Waals surface area (Å²) in [7, 11) is 1.93. The van der Waals surface area contributed by atoms with Crippen molar-refractivity contribution in [2.24, 2.45) is 7.05 Å². The van der Waals surface area contributed by atoms with E-state index in [1.807, 2.05) is 37.2 Å². The van der Waals surface area contributed by atoms with Crippen LogP contribution in [-0.4, -0.2) is 14.8 Å². The van der Waals surface area contributed by atoms with Crippen LogP contribution in [0.1, 0.15) is 26.7 Å². The zero-order valence-corrected chi connectivity index (χ0v) is 16.2. The van der Waals surface area contributed by atoms with Crippen LogP contribution >= 0.6 is 0 Å². The van der Waals surface area contributed by atoms with Gasteiger partial charge in [0, 0.05) is 36.1 Å². The summed E-state index contributed by atoms with van der Waals surface area (Å²) < 4.78 is 1.82. The van der Waals surface area contributed by atoms with E-state index < -0.39 is 0 Å². The van der Waals surface area contributed by atoms with Gasteiger partial charge >= 0.3 is 0 Å². The fourth-order valence-corrected chi connectivity index (χ4v) is 3.04. The zero-order valence-electron chi connectivity index (χ0n) is 16.2. The Morgan fingerprint density at radius 2 is 1.96 bits per heavy atom. The number of hydrogen-bond donors (Lipinski definition) is 1. The lowest BCUT2D eigenvalue weighted by atomic mass is 10.0. The van der Waals surface area contributed by atoms with Crippen molar-refractivity contribution < 1.29 is 0 Å². The van der Waals surface area contributed by atoms with Crippen molar-refractivity contribution in [3.63, 3.8) is 0 Å². The van der Waals surface area contributed by atoms with Crippen LogP contribution in [0.3, 0.4) is 0 Å². The molecule has 0 bridgehead atoms. The van der Waals surface area contributed by atoms with Crippen molar-refractivity contribution in [1.29, 1.82) is 0 Å². The Morgan fingerprint density at radius 1 is 1.11 bits per heavy atom. The smallest absolute Gasteiger partial charge is 0.130 e. The van der Waals surface area contributed by atoms with E-state index in [1.165, 1.54) is 5.57 Å². The average molecular weight is 358 g/mol. The first kappa shape index (κ1) is 18.6. The first-order valence-corrected chi connectivity index (χ1v) is 9.20. The average Bonchev–Trinajstić information content (AvgIpc) is 3.11. The molecule has 0 unspecified atom stereocenters. The van der Waals surface area contributed by atoms with Gasteiger partial charge in [0.15, 0.2) is 0 Å². The van der Waals surface area contributed by atoms with Crippen LogP contribution in [0.4, 0.5) is 5.82 Å². The fraction of sp³-hybridized carbons (Fsp3) is 0.217. The highest BCUT2D eigenvalue weighted by atomic mass is 15.2. The molecule has 4 nitrogen and oxygen atoms in total. The summed E-state index contributed by atoms with van der Waals surface area (Å²) in [5, 5.41) is 9.86. The number of rotatable bonds is 7. The van der Waals surface area contributed by atoms with Crippen LogP contribution < -0.4 is 5.32 Å². The molecule has 3 rings (SSSR count). The van der Waals surface area contributed by atoms with Crippen LogP contribution in [0.25, 0.3) is 21.9 Å². The van der Waals surface area contributed by atoms with Gasteiger partial charge in [-0.25, -0.2) is 4.98 Å². The predicted octanol–water partition coefficient (Wildman–Crippen LogP) is 5.86. The van der Waals surface area contributed by atoms with Gasteiger partial charge in [-0.2, -0.15) is 5.10 Å². The largest absolute Gasteiger partial charge is 0.344 e. The molecule has 0 saturated heterocycles. The van der Waals surface area contributed by atoms with Crippen molar-refractivity contribution in [1.82, 2.24) is 14.8 Å². The number of fused-ring (bicyclic) bond motifs is 1. The maximum atomic E-state index is 4.52. The second-order valence-corrected chi connectivity index (χ2v) is 6.63. The van der Waals surface area contributed by atoms with Gasteiger partial charge in [-0.15, -0.1) is 0 Å². The van der Waals surface area contributed by atoms with Crippen LogP contribution in [0.5, 0.6) is 0 Å². The molecule has 2 aromatic heterocycles. The quantitative estimate of drug-likeness (QED) is 0.538. The molecule has 0 saturated carbocycles. The molecule has 1 N–H and O–H groups in total. The number of nitrogens with one attached hydrogen (secondary N) is 1. The van der Waals surface area contributed by atoms with E-state index in [9.17, 15) is 0 Å². The minimum atomic E-state index is 0.823. The minimum absolute atomic E-state index is 0.823. The molecular weight excluding hydrogens is 332 g/mol. The van der Waals surface area contributed by atoms with Crippen molar-refractivity contribution in [2.45, 2.75) is 26.7 Å². The van der Waals surface area contributed by atoms with Gasteiger partial charge in [0.1, 0.15) is 5.82 Å². The first-order valence-electron chi connectivity index (χ1n) is 9.20. The molecule has 0 atom stereocenters. The van der Waals surface area contributed by atoms with Gasteiger partial charge in [0.2, 0.25) is 0 Å². The summed E-state index contributed by atoms with van der Waals surface area (Å²) in [5.74, 6) is 0.823. The van der Waals surface area contributed by atoms with Crippen LogP contribution in [0.2, 0.25) is 0 Å². The zero-order chi connectivity index (χ0) is 19.2. The van der Waals surface area contributed by atoms with Crippen molar-refractivity contribution in [3.05, 3.63) is 78.9 Å². The predicted molar refractivity (Wildman–Crippen MR) is 115 cm³/mol. The topological polar surface area (TPSA) is 42.7 Å². The van der Waals surface area contributed by atoms with E-state index in [4.69, 9.17) is 0 Å². The third-order valence-corrected chi connectivity index (χ3v) is 4.53. The van der Waals surface area contributed by atoms with E-state index in [0.29, 0.717) is 0 Å². The fourth-order valence-electron chi connectivity index (χ4n) is 3.04. The maximum absolute atomic E-state index is 4.52. The number of allylic oxidation sites excluding steroid dienone is 5. The number of hydrogen-bond acceptors (Lipinski definition) is 3. The third-order valence-electron chi connectivity index (χ3n) is 4.53. The summed E-state index contributed by atoms with van der Waals surface area (Å²) in [4.78, 5) is 4.52. The van der Waals surface area contributed by atoms with E-state index in [2.05, 4.69) is 71.4 Å². The summed E-state index contributed by atoms with van der Waals surface area (Å²) in [6, 6.07) is 8.44. The van der Waals surface area contributed by atoms with Crippen molar-refractivity contribution in [2.75, 3.05) is 5.32 Å². The normalized spacial score (nSPS) is 12.0. The van der Waals surface area contributed by atoms with E-state index in [1.54, 1.807) is 0 Å². The molecule has 3 aromatic rings. The molecule has 0 amide bonds. The molecule has 2 heterocycles. The summed E-state index contributed by atoms with van der Waals surface area (Å²) in [6.45, 7) is 8.25. The molecule has 0 radical (unpaired) electrons. The first-order chi connectivity index (χ1) is 13.1. The highest BCUT2D eigenvalue weighted by Crippen LogP contribution is 2.25. The van der Waals surface area contributed by atoms with E-state index >= 15 is 0 Å². The van der Waals surface area contributed by atoms with Crippen LogP contribution in [0, 0.1) is 0 Å². The number of nitrogens with zero attached hydrogens (tertiary/aromatic N) is 3. The Balaban J connectivity index is 1.74. The Hall–Kier alpha value is -3.14. The highest BCUT2D eigenvalue weighted by Gasteiger charge is 2.05. The van der Waals surface area contributed by atoms with Crippen molar-refractivity contribution in [3.8, 4) is 11.1 Å². The number of anilines is 1. The third kappa shape index (κ3) is 4.73. The molecule has 4 heteroatoms. The van der Waals surface area contributed by atoms with Gasteiger partial charge in [0.05, 0.1) is 6.20 Å². The molecule has 138 valence electrons. The SMILES string of the molecule is C=C(CCC(/C=C\C)=C/C)Nc1cc2cc(-c3cnn(C)c3)ccc2cn1. The number of aryl methyl sites for hydroxylation is 1. The summed E-state index contributed by atoms with van der Waals surface area (Å²) in [6.07, 6.45) is 14.0. The minimum Gasteiger partial charge on any atom is -0.344 e. The lowest BCUT2D eigenvalue weighted by Crippen LogP contribution is -2.00. The summed E-state index contributed by atoms with van der Waals surface area (Å²) in [5.41, 5.74) is 4.54. The number of pyridine rings is 1. The molecular formula is C23H26N4. The highest BCUT2D eigenvalue weighted by molar-refractivity contribution is 5.88. The molecule has 0 aliphatic carbocycles.